The van der Waals surface area contributed by atoms with Gasteiger partial charge < -0.3 is 9.47 Å². The number of carbonyl (C=O) groups is 1. The van der Waals surface area contributed by atoms with Gasteiger partial charge in [0.2, 0.25) is 0 Å². The minimum Gasteiger partial charge on any atom is -0.339 e. The fourth-order valence-electron chi connectivity index (χ4n) is 3.64. The van der Waals surface area contributed by atoms with E-state index in [9.17, 15) is 4.79 Å². The molecule has 0 spiro atoms. The Morgan fingerprint density at radius 3 is 2.64 bits per heavy atom. The van der Waals surface area contributed by atoms with Gasteiger partial charge in [-0.3, -0.25) is 9.78 Å². The smallest absolute Gasteiger partial charge is 0.257 e. The molecule has 1 amide bonds. The first-order chi connectivity index (χ1) is 13.6. The number of aryl methyl sites for hydroxylation is 2. The molecular formula is C20H23N7O. The van der Waals surface area contributed by atoms with E-state index in [2.05, 4.69) is 19.9 Å². The molecule has 0 bridgehead atoms. The molecule has 1 aliphatic rings. The molecule has 28 heavy (non-hydrogen) atoms. The number of likely N-dealkylation sites (tertiary alicyclic amines) is 1. The molecule has 8 heteroatoms. The van der Waals surface area contributed by atoms with Crippen LogP contribution in [0, 0.1) is 12.8 Å². The Bertz CT molecular complexity index is 976. The molecule has 0 unspecified atom stereocenters. The Hall–Kier alpha value is -3.16. The maximum absolute atomic E-state index is 12.7. The van der Waals surface area contributed by atoms with Gasteiger partial charge in [-0.15, -0.1) is 0 Å². The van der Waals surface area contributed by atoms with Gasteiger partial charge in [0.1, 0.15) is 12.0 Å². The third kappa shape index (κ3) is 3.76. The second-order valence-electron chi connectivity index (χ2n) is 7.25. The fourth-order valence-corrected chi connectivity index (χ4v) is 3.64. The molecule has 3 aromatic rings. The number of hydrogen-bond donors (Lipinski definition) is 0. The number of hydrogen-bond acceptors (Lipinski definition) is 6. The van der Waals surface area contributed by atoms with Crippen molar-refractivity contribution in [2.24, 2.45) is 13.0 Å². The molecule has 0 aromatic carbocycles. The summed E-state index contributed by atoms with van der Waals surface area (Å²) in [5.41, 5.74) is 4.09. The molecule has 0 aliphatic carbocycles. The molecule has 0 atom stereocenters. The summed E-state index contributed by atoms with van der Waals surface area (Å²) in [5, 5.41) is 0. The quantitative estimate of drug-likeness (QED) is 0.691. The maximum atomic E-state index is 12.7. The van der Waals surface area contributed by atoms with Gasteiger partial charge in [0.25, 0.3) is 5.91 Å². The van der Waals surface area contributed by atoms with Crippen LogP contribution in [0.1, 0.15) is 34.6 Å². The van der Waals surface area contributed by atoms with E-state index in [4.69, 9.17) is 4.98 Å². The Balaban J connectivity index is 1.38. The van der Waals surface area contributed by atoms with E-state index >= 15 is 0 Å². The zero-order valence-electron chi connectivity index (χ0n) is 16.1. The van der Waals surface area contributed by atoms with Crippen molar-refractivity contribution in [2.45, 2.75) is 26.2 Å². The summed E-state index contributed by atoms with van der Waals surface area (Å²) in [5.74, 6) is 0.516. The minimum absolute atomic E-state index is 0.0227. The molecule has 1 fully saturated rings. The van der Waals surface area contributed by atoms with E-state index in [0.717, 1.165) is 55.1 Å². The SMILES string of the molecule is Cc1ncncc1C(=O)N1CCC(Cc2cncc(-c3cncn3C)n2)CC1. The Labute approximate surface area is 163 Å². The highest BCUT2D eigenvalue weighted by Crippen LogP contribution is 2.23. The van der Waals surface area contributed by atoms with Crippen molar-refractivity contribution < 1.29 is 4.79 Å². The normalized spacial score (nSPS) is 15.0. The lowest BCUT2D eigenvalue weighted by molar-refractivity contribution is 0.0688. The maximum Gasteiger partial charge on any atom is 0.257 e. The molecule has 0 radical (unpaired) electrons. The van der Waals surface area contributed by atoms with Gasteiger partial charge in [0.05, 0.1) is 41.4 Å². The zero-order valence-corrected chi connectivity index (χ0v) is 16.1. The van der Waals surface area contributed by atoms with Crippen molar-refractivity contribution in [3.8, 4) is 11.4 Å². The van der Waals surface area contributed by atoms with Crippen LogP contribution in [0.5, 0.6) is 0 Å². The molecule has 1 aliphatic heterocycles. The average Bonchev–Trinajstić information content (AvgIpc) is 3.15. The third-order valence-electron chi connectivity index (χ3n) is 5.30. The molecule has 0 saturated carbocycles. The Morgan fingerprint density at radius 1 is 1.11 bits per heavy atom. The van der Waals surface area contributed by atoms with Crippen molar-refractivity contribution >= 4 is 5.91 Å². The molecule has 4 rings (SSSR count). The monoisotopic (exact) mass is 377 g/mol. The Kier molecular flexibility index (Phi) is 5.10. The highest BCUT2D eigenvalue weighted by atomic mass is 16.2. The molecule has 3 aromatic heterocycles. The summed E-state index contributed by atoms with van der Waals surface area (Å²) in [4.78, 5) is 36.0. The highest BCUT2D eigenvalue weighted by molar-refractivity contribution is 5.94. The van der Waals surface area contributed by atoms with E-state index in [1.807, 2.05) is 29.6 Å². The molecule has 1 saturated heterocycles. The second kappa shape index (κ2) is 7.84. The van der Waals surface area contributed by atoms with Crippen LogP contribution in [0.2, 0.25) is 0 Å². The first kappa shape index (κ1) is 18.2. The van der Waals surface area contributed by atoms with Crippen LogP contribution >= 0.6 is 0 Å². The van der Waals surface area contributed by atoms with E-state index in [0.29, 0.717) is 11.5 Å². The Morgan fingerprint density at radius 2 is 1.93 bits per heavy atom. The van der Waals surface area contributed by atoms with E-state index in [1.165, 1.54) is 6.33 Å². The van der Waals surface area contributed by atoms with E-state index in [1.54, 1.807) is 24.9 Å². The second-order valence-corrected chi connectivity index (χ2v) is 7.25. The van der Waals surface area contributed by atoms with Crippen LogP contribution in [0.3, 0.4) is 0 Å². The van der Waals surface area contributed by atoms with Crippen LogP contribution in [0.25, 0.3) is 11.4 Å². The van der Waals surface area contributed by atoms with E-state index < -0.39 is 0 Å². The highest BCUT2D eigenvalue weighted by Gasteiger charge is 2.25. The number of amides is 1. The van der Waals surface area contributed by atoms with Crippen molar-refractivity contribution in [3.05, 3.63) is 54.4 Å². The summed E-state index contributed by atoms with van der Waals surface area (Å²) < 4.78 is 1.94. The summed E-state index contributed by atoms with van der Waals surface area (Å²) in [6.07, 6.45) is 13.0. The van der Waals surface area contributed by atoms with Crippen molar-refractivity contribution in [3.63, 3.8) is 0 Å². The van der Waals surface area contributed by atoms with Crippen LogP contribution in [-0.4, -0.2) is 53.4 Å². The summed E-state index contributed by atoms with van der Waals surface area (Å²) in [7, 11) is 1.95. The molecular weight excluding hydrogens is 354 g/mol. The first-order valence-electron chi connectivity index (χ1n) is 9.45. The number of nitrogens with zero attached hydrogens (tertiary/aromatic N) is 7. The number of piperidine rings is 1. The number of imidazole rings is 1. The fraction of sp³-hybridized carbons (Fsp3) is 0.400. The predicted molar refractivity (Wildman–Crippen MR) is 103 cm³/mol. The number of rotatable bonds is 4. The van der Waals surface area contributed by atoms with Crippen molar-refractivity contribution in [2.75, 3.05) is 13.1 Å². The predicted octanol–water partition coefficient (Wildman–Crippen LogP) is 2.07. The zero-order chi connectivity index (χ0) is 19.5. The van der Waals surface area contributed by atoms with Crippen molar-refractivity contribution in [1.82, 2.24) is 34.4 Å². The van der Waals surface area contributed by atoms with Gasteiger partial charge in [-0.2, -0.15) is 0 Å². The third-order valence-corrected chi connectivity index (χ3v) is 5.30. The van der Waals surface area contributed by atoms with Gasteiger partial charge in [-0.05, 0) is 32.1 Å². The van der Waals surface area contributed by atoms with Crippen LogP contribution in [0.15, 0.2) is 37.4 Å². The molecule has 144 valence electrons. The van der Waals surface area contributed by atoms with Gasteiger partial charge in [0, 0.05) is 32.5 Å². The summed E-state index contributed by atoms with van der Waals surface area (Å²) >= 11 is 0. The van der Waals surface area contributed by atoms with Crippen molar-refractivity contribution in [1.29, 1.82) is 0 Å². The lowest BCUT2D eigenvalue weighted by atomic mass is 9.92. The molecule has 8 nitrogen and oxygen atoms in total. The average molecular weight is 377 g/mol. The standard InChI is InChI=1S/C20H23N7O/c1-14-17(9-22-12-24-14)20(28)27-5-3-15(4-6-27)7-16-8-21-10-18(25-16)19-11-23-13-26(19)2/h8-13,15H,3-7H2,1-2H3. The lowest BCUT2D eigenvalue weighted by Gasteiger charge is -2.32. The number of carbonyl (C=O) groups excluding carboxylic acids is 1. The summed E-state index contributed by atoms with van der Waals surface area (Å²) in [6, 6.07) is 0. The summed E-state index contributed by atoms with van der Waals surface area (Å²) in [6.45, 7) is 3.33. The number of aromatic nitrogens is 6. The lowest BCUT2D eigenvalue weighted by Crippen LogP contribution is -2.39. The van der Waals surface area contributed by atoms with E-state index in [-0.39, 0.29) is 5.91 Å². The first-order valence-corrected chi connectivity index (χ1v) is 9.45. The molecule has 4 heterocycles. The van der Waals surface area contributed by atoms with Gasteiger partial charge in [-0.1, -0.05) is 0 Å². The topological polar surface area (TPSA) is 89.7 Å². The van der Waals surface area contributed by atoms with Crippen LogP contribution in [0.4, 0.5) is 0 Å². The van der Waals surface area contributed by atoms with Gasteiger partial charge >= 0.3 is 0 Å². The molecule has 0 N–H and O–H groups in total. The minimum atomic E-state index is 0.0227. The van der Waals surface area contributed by atoms with Gasteiger partial charge in [-0.25, -0.2) is 19.9 Å². The van der Waals surface area contributed by atoms with Gasteiger partial charge in [0.15, 0.2) is 0 Å². The van der Waals surface area contributed by atoms with Crippen LogP contribution in [-0.2, 0) is 13.5 Å². The van der Waals surface area contributed by atoms with Crippen LogP contribution < -0.4 is 0 Å². The largest absolute Gasteiger partial charge is 0.339 e.